The van der Waals surface area contributed by atoms with E-state index in [2.05, 4.69) is 20.2 Å². The lowest BCUT2D eigenvalue weighted by molar-refractivity contribution is 0.102. The van der Waals surface area contributed by atoms with E-state index in [1.165, 1.54) is 36.6 Å². The second-order valence-electron chi connectivity index (χ2n) is 3.93. The van der Waals surface area contributed by atoms with E-state index in [4.69, 9.17) is 11.6 Å². The van der Waals surface area contributed by atoms with Crippen LogP contribution in [0.4, 0.5) is 5.13 Å². The third kappa shape index (κ3) is 3.56. The fraction of sp³-hybridized carbons (Fsp3) is 0.182. The molecule has 2 rings (SSSR count). The van der Waals surface area contributed by atoms with Gasteiger partial charge in [-0.2, -0.15) is 0 Å². The Labute approximate surface area is 130 Å². The summed E-state index contributed by atoms with van der Waals surface area (Å²) in [4.78, 5) is 12.1. The first-order valence-electron chi connectivity index (χ1n) is 5.68. The molecule has 7 nitrogen and oxygen atoms in total. The molecule has 2 N–H and O–H groups in total. The lowest BCUT2D eigenvalue weighted by atomic mass is 10.2. The number of carbonyl (C=O) groups excluding carboxylic acids is 1. The van der Waals surface area contributed by atoms with Gasteiger partial charge in [-0.1, -0.05) is 22.9 Å². The van der Waals surface area contributed by atoms with E-state index >= 15 is 0 Å². The Hall–Kier alpha value is -1.55. The van der Waals surface area contributed by atoms with Crippen LogP contribution >= 0.6 is 22.9 Å². The Kier molecular flexibility index (Phi) is 4.57. The highest BCUT2D eigenvalue weighted by molar-refractivity contribution is 7.89. The summed E-state index contributed by atoms with van der Waals surface area (Å²) in [6, 6.07) is 3.88. The van der Waals surface area contributed by atoms with Crippen molar-refractivity contribution in [3.8, 4) is 0 Å². The van der Waals surface area contributed by atoms with Crippen molar-refractivity contribution in [3.05, 3.63) is 33.8 Å². The number of aromatic nitrogens is 2. The number of hydrogen-bond acceptors (Lipinski definition) is 6. The third-order valence-electron chi connectivity index (χ3n) is 2.51. The normalized spacial score (nSPS) is 11.4. The van der Waals surface area contributed by atoms with Gasteiger partial charge < -0.3 is 0 Å². The van der Waals surface area contributed by atoms with E-state index in [0.717, 1.165) is 0 Å². The molecule has 0 saturated heterocycles. The van der Waals surface area contributed by atoms with Crippen LogP contribution in [0.2, 0.25) is 5.02 Å². The Morgan fingerprint density at radius 3 is 2.62 bits per heavy atom. The van der Waals surface area contributed by atoms with Crippen LogP contribution in [0, 0.1) is 6.92 Å². The van der Waals surface area contributed by atoms with E-state index in [1.54, 1.807) is 6.92 Å². The highest BCUT2D eigenvalue weighted by atomic mass is 35.5. The van der Waals surface area contributed by atoms with Crippen molar-refractivity contribution in [2.24, 2.45) is 0 Å². The van der Waals surface area contributed by atoms with E-state index in [0.29, 0.717) is 10.1 Å². The number of sulfonamides is 1. The van der Waals surface area contributed by atoms with Crippen LogP contribution < -0.4 is 10.0 Å². The number of halogens is 1. The van der Waals surface area contributed by atoms with Crippen LogP contribution in [0.1, 0.15) is 15.4 Å². The fourth-order valence-corrected chi connectivity index (χ4v) is 3.02. The molecule has 0 aliphatic heterocycles. The first-order chi connectivity index (χ1) is 9.83. The Morgan fingerprint density at radius 1 is 1.33 bits per heavy atom. The zero-order valence-electron chi connectivity index (χ0n) is 11.0. The number of rotatable bonds is 4. The van der Waals surface area contributed by atoms with E-state index in [-0.39, 0.29) is 15.5 Å². The van der Waals surface area contributed by atoms with E-state index < -0.39 is 15.9 Å². The predicted octanol–water partition coefficient (Wildman–Crippen LogP) is 1.66. The molecule has 1 amide bonds. The van der Waals surface area contributed by atoms with E-state index in [9.17, 15) is 13.2 Å². The van der Waals surface area contributed by atoms with Crippen molar-refractivity contribution in [1.29, 1.82) is 0 Å². The number of carbonyl (C=O) groups is 1. The summed E-state index contributed by atoms with van der Waals surface area (Å²) >= 11 is 7.15. The monoisotopic (exact) mass is 346 g/mol. The summed E-state index contributed by atoms with van der Waals surface area (Å²) in [5.74, 6) is -0.552. The topological polar surface area (TPSA) is 101 Å². The second-order valence-corrected chi connectivity index (χ2v) is 7.40. The molecule has 0 radical (unpaired) electrons. The first kappa shape index (κ1) is 15.8. The molecule has 10 heteroatoms. The van der Waals surface area contributed by atoms with Crippen LogP contribution in [-0.4, -0.2) is 31.6 Å². The van der Waals surface area contributed by atoms with Crippen LogP contribution in [0.5, 0.6) is 0 Å². The van der Waals surface area contributed by atoms with E-state index in [1.807, 2.05) is 0 Å². The number of hydrogen-bond donors (Lipinski definition) is 2. The van der Waals surface area contributed by atoms with Crippen LogP contribution in [0.25, 0.3) is 0 Å². The summed E-state index contributed by atoms with van der Waals surface area (Å²) in [7, 11) is -2.37. The Balaban J connectivity index is 2.34. The predicted molar refractivity (Wildman–Crippen MR) is 80.3 cm³/mol. The molecule has 0 fully saturated rings. The standard InChI is InChI=1S/C11H11ClN4O3S2/c1-6-15-16-11(20-6)14-10(17)8-5-7(3-4-9(8)12)21(18,19)13-2/h3-5,13H,1-2H3,(H,14,16,17). The summed E-state index contributed by atoms with van der Waals surface area (Å²) in [6.07, 6.45) is 0. The molecule has 0 atom stereocenters. The summed E-state index contributed by atoms with van der Waals surface area (Å²) in [5.41, 5.74) is 0.0424. The van der Waals surface area contributed by atoms with Crippen molar-refractivity contribution >= 4 is 44.0 Å². The molecule has 21 heavy (non-hydrogen) atoms. The average molecular weight is 347 g/mol. The zero-order valence-corrected chi connectivity index (χ0v) is 13.4. The third-order valence-corrected chi connectivity index (χ3v) is 5.00. The molecule has 1 aromatic heterocycles. The van der Waals surface area contributed by atoms with Crippen molar-refractivity contribution in [2.75, 3.05) is 12.4 Å². The van der Waals surface area contributed by atoms with Gasteiger partial charge in [0.1, 0.15) is 5.01 Å². The van der Waals surface area contributed by atoms with Gasteiger partial charge >= 0.3 is 0 Å². The van der Waals surface area contributed by atoms with Gasteiger partial charge in [-0.3, -0.25) is 10.1 Å². The van der Waals surface area contributed by atoms with Gasteiger partial charge in [-0.05, 0) is 32.2 Å². The van der Waals surface area contributed by atoms with Crippen LogP contribution in [0.15, 0.2) is 23.1 Å². The number of amides is 1. The molecule has 1 aromatic carbocycles. The molecular formula is C11H11ClN4O3S2. The number of nitrogens with one attached hydrogen (secondary N) is 2. The molecule has 0 aliphatic carbocycles. The van der Waals surface area contributed by atoms with Crippen LogP contribution in [-0.2, 0) is 10.0 Å². The highest BCUT2D eigenvalue weighted by Crippen LogP contribution is 2.22. The van der Waals surface area contributed by atoms with Gasteiger partial charge in [-0.15, -0.1) is 10.2 Å². The van der Waals surface area contributed by atoms with Crippen molar-refractivity contribution in [3.63, 3.8) is 0 Å². The Morgan fingerprint density at radius 2 is 2.05 bits per heavy atom. The lowest BCUT2D eigenvalue weighted by Crippen LogP contribution is -2.20. The molecular weight excluding hydrogens is 336 g/mol. The maximum atomic E-state index is 12.1. The van der Waals surface area contributed by atoms with Gasteiger partial charge in [-0.25, -0.2) is 13.1 Å². The molecule has 0 saturated carbocycles. The summed E-state index contributed by atoms with van der Waals surface area (Å²) in [6.45, 7) is 1.75. The second kappa shape index (κ2) is 6.06. The lowest BCUT2D eigenvalue weighted by Gasteiger charge is -2.07. The van der Waals surface area contributed by atoms with Gasteiger partial charge in [0, 0.05) is 0 Å². The minimum atomic E-state index is -3.65. The highest BCUT2D eigenvalue weighted by Gasteiger charge is 2.18. The van der Waals surface area contributed by atoms with Crippen molar-refractivity contribution in [2.45, 2.75) is 11.8 Å². The minimum Gasteiger partial charge on any atom is -0.296 e. The number of nitrogens with zero attached hydrogens (tertiary/aromatic N) is 2. The summed E-state index contributed by atoms with van der Waals surface area (Å²) in [5, 5.41) is 11.2. The molecule has 2 aromatic rings. The number of anilines is 1. The molecule has 0 aliphatic rings. The van der Waals surface area contributed by atoms with Gasteiger partial charge in [0.25, 0.3) is 5.91 Å². The molecule has 1 heterocycles. The Bertz CT molecular complexity index is 789. The average Bonchev–Trinajstić information content (AvgIpc) is 2.84. The largest absolute Gasteiger partial charge is 0.296 e. The van der Waals surface area contributed by atoms with Crippen LogP contribution in [0.3, 0.4) is 0 Å². The number of aryl methyl sites for hydroxylation is 1. The maximum absolute atomic E-state index is 12.1. The quantitative estimate of drug-likeness (QED) is 0.876. The minimum absolute atomic E-state index is 0.0424. The molecule has 0 bridgehead atoms. The van der Waals surface area contributed by atoms with Gasteiger partial charge in [0.15, 0.2) is 0 Å². The van der Waals surface area contributed by atoms with Crippen molar-refractivity contribution < 1.29 is 13.2 Å². The maximum Gasteiger partial charge on any atom is 0.259 e. The fourth-order valence-electron chi connectivity index (χ4n) is 1.47. The first-order valence-corrected chi connectivity index (χ1v) is 8.36. The molecule has 0 spiro atoms. The smallest absolute Gasteiger partial charge is 0.259 e. The zero-order chi connectivity index (χ0) is 15.6. The molecule has 112 valence electrons. The SMILES string of the molecule is CNS(=O)(=O)c1ccc(Cl)c(C(=O)Nc2nnc(C)s2)c1. The van der Waals surface area contributed by atoms with Crippen molar-refractivity contribution in [1.82, 2.24) is 14.9 Å². The molecule has 0 unspecified atom stereocenters. The summed E-state index contributed by atoms with van der Waals surface area (Å²) < 4.78 is 25.7. The van der Waals surface area contributed by atoms with Gasteiger partial charge in [0.05, 0.1) is 15.5 Å². The van der Waals surface area contributed by atoms with Gasteiger partial charge in [0.2, 0.25) is 15.2 Å². The number of benzene rings is 1.